The van der Waals surface area contributed by atoms with Gasteiger partial charge in [0.1, 0.15) is 19.3 Å². The Morgan fingerprint density at radius 3 is 1.48 bits per heavy atom. The number of hydrogen-bond donors (Lipinski definition) is 2. The summed E-state index contributed by atoms with van der Waals surface area (Å²) in [5, 5.41) is 19.7. The molecule has 0 fully saturated rings. The Kier molecular flexibility index (Phi) is 32.5. The molecule has 0 amide bonds. The first-order chi connectivity index (χ1) is 22.3. The fourth-order valence-corrected chi connectivity index (χ4v) is 4.98. The van der Waals surface area contributed by atoms with Gasteiger partial charge >= 0.3 is 11.9 Å². The first kappa shape index (κ1) is 43.8. The number of esters is 2. The molecule has 1 unspecified atom stereocenters. The van der Waals surface area contributed by atoms with E-state index in [2.05, 4.69) is 69.4 Å². The van der Waals surface area contributed by atoms with Crippen LogP contribution in [0, 0.1) is 5.92 Å². The number of aliphatic hydroxyl groups excluding tert-OH is 2. The summed E-state index contributed by atoms with van der Waals surface area (Å²) >= 11 is 0. The minimum Gasteiger partial charge on any atom is -0.463 e. The highest BCUT2D eigenvalue weighted by atomic mass is 16.6. The Balaban J connectivity index is 3.58. The van der Waals surface area contributed by atoms with Crippen LogP contribution in [0.5, 0.6) is 0 Å². The summed E-state index contributed by atoms with van der Waals surface area (Å²) in [4.78, 5) is 23.9. The van der Waals surface area contributed by atoms with Gasteiger partial charge in [0.05, 0.1) is 6.10 Å². The highest BCUT2D eigenvalue weighted by Gasteiger charge is 2.12. The third-order valence-corrected chi connectivity index (χ3v) is 7.80. The quantitative estimate of drug-likeness (QED) is 0.0429. The number of ether oxygens (including phenoxy) is 2. The second-order valence-corrected chi connectivity index (χ2v) is 13.0. The summed E-state index contributed by atoms with van der Waals surface area (Å²) in [6.45, 7) is 6.38. The van der Waals surface area contributed by atoms with Gasteiger partial charge in [0.25, 0.3) is 0 Å². The minimum absolute atomic E-state index is 0.142. The van der Waals surface area contributed by atoms with Crippen LogP contribution in [-0.4, -0.2) is 47.6 Å². The minimum atomic E-state index is -0.995. The zero-order chi connectivity index (χ0) is 33.9. The van der Waals surface area contributed by atoms with Crippen molar-refractivity contribution < 1.29 is 29.3 Å². The molecule has 0 aromatic heterocycles. The van der Waals surface area contributed by atoms with E-state index in [1.54, 1.807) is 0 Å². The van der Waals surface area contributed by atoms with E-state index in [1.165, 1.54) is 57.8 Å². The molecule has 2 N–H and O–H groups in total. The predicted molar refractivity (Wildman–Crippen MR) is 193 cm³/mol. The molecule has 0 aromatic carbocycles. The number of allylic oxidation sites excluding steroid dienone is 7. The molecule has 0 saturated heterocycles. The van der Waals surface area contributed by atoms with E-state index in [9.17, 15) is 19.8 Å². The van der Waals surface area contributed by atoms with Gasteiger partial charge in [-0.2, -0.15) is 0 Å². The van der Waals surface area contributed by atoms with Crippen LogP contribution in [0.1, 0.15) is 162 Å². The Hall–Kier alpha value is -2.18. The standard InChI is InChI=1S/C40H70O6/c1-4-29-37(41)31-26-22-18-14-10-6-5-7-11-15-19-23-27-32-39(43)45-34-38(42)35-46-40(44)33-28-24-20-16-12-8-9-13-17-21-25-30-36(2)3/h5,7,10,14-15,19,22,26,36-38,41-42H,4,6,8-9,11-13,16-18,20-21,23-25,27-35H2,1-3H3/b7-5-,14-10-,19-15-,26-22-/t37?,38-/m1/s1. The number of rotatable bonds is 32. The maximum Gasteiger partial charge on any atom is 0.305 e. The number of carbonyl (C=O) groups excluding carboxylic acids is 2. The van der Waals surface area contributed by atoms with E-state index in [0.29, 0.717) is 19.3 Å². The zero-order valence-corrected chi connectivity index (χ0v) is 29.8. The van der Waals surface area contributed by atoms with Crippen molar-refractivity contribution >= 4 is 11.9 Å². The molecule has 46 heavy (non-hydrogen) atoms. The third-order valence-electron chi connectivity index (χ3n) is 7.80. The Labute approximate surface area is 282 Å². The second kappa shape index (κ2) is 34.2. The maximum absolute atomic E-state index is 11.9. The Morgan fingerprint density at radius 1 is 0.543 bits per heavy atom. The number of carbonyl (C=O) groups is 2. The van der Waals surface area contributed by atoms with Crippen molar-refractivity contribution in [1.29, 1.82) is 0 Å². The smallest absolute Gasteiger partial charge is 0.305 e. The van der Waals surface area contributed by atoms with E-state index >= 15 is 0 Å². The molecule has 0 aliphatic heterocycles. The molecule has 0 bridgehead atoms. The summed E-state index contributed by atoms with van der Waals surface area (Å²) in [7, 11) is 0. The second-order valence-electron chi connectivity index (χ2n) is 13.0. The molecule has 0 rings (SSSR count). The van der Waals surface area contributed by atoms with Crippen LogP contribution in [-0.2, 0) is 19.1 Å². The summed E-state index contributed by atoms with van der Waals surface area (Å²) in [6.07, 6.45) is 38.0. The average Bonchev–Trinajstić information content (AvgIpc) is 3.03. The maximum atomic E-state index is 11.9. The number of unbranched alkanes of at least 4 members (excludes halogenated alkanes) is 11. The lowest BCUT2D eigenvalue weighted by Crippen LogP contribution is -2.25. The summed E-state index contributed by atoms with van der Waals surface area (Å²) < 4.78 is 10.3. The van der Waals surface area contributed by atoms with Gasteiger partial charge in [-0.25, -0.2) is 0 Å². The van der Waals surface area contributed by atoms with Crippen molar-refractivity contribution in [3.8, 4) is 0 Å². The lowest BCUT2D eigenvalue weighted by atomic mass is 10.0. The van der Waals surface area contributed by atoms with Crippen LogP contribution in [0.15, 0.2) is 48.6 Å². The molecule has 2 atom stereocenters. The monoisotopic (exact) mass is 647 g/mol. The first-order valence-electron chi connectivity index (χ1n) is 18.6. The van der Waals surface area contributed by atoms with Crippen molar-refractivity contribution in [2.75, 3.05) is 13.2 Å². The molecule has 0 heterocycles. The summed E-state index contributed by atoms with van der Waals surface area (Å²) in [6, 6.07) is 0. The molecule has 0 aliphatic carbocycles. The van der Waals surface area contributed by atoms with Gasteiger partial charge in [0.2, 0.25) is 0 Å². The number of aliphatic hydroxyl groups is 2. The van der Waals surface area contributed by atoms with Gasteiger partial charge in [-0.05, 0) is 57.3 Å². The van der Waals surface area contributed by atoms with E-state index in [0.717, 1.165) is 70.1 Å². The van der Waals surface area contributed by atoms with Crippen LogP contribution < -0.4 is 0 Å². The van der Waals surface area contributed by atoms with E-state index in [1.807, 2.05) is 0 Å². The first-order valence-corrected chi connectivity index (χ1v) is 18.6. The van der Waals surface area contributed by atoms with Crippen molar-refractivity contribution in [3.05, 3.63) is 48.6 Å². The number of hydrogen-bond acceptors (Lipinski definition) is 6. The Bertz CT molecular complexity index is 813. The molecule has 0 saturated carbocycles. The van der Waals surface area contributed by atoms with Crippen molar-refractivity contribution in [2.24, 2.45) is 5.92 Å². The van der Waals surface area contributed by atoms with Crippen molar-refractivity contribution in [2.45, 2.75) is 174 Å². The van der Waals surface area contributed by atoms with Crippen LogP contribution in [0.3, 0.4) is 0 Å². The Morgan fingerprint density at radius 2 is 0.978 bits per heavy atom. The summed E-state index contributed by atoms with van der Waals surface area (Å²) in [5.41, 5.74) is 0. The molecule has 0 aliphatic rings. The van der Waals surface area contributed by atoms with Gasteiger partial charge in [0, 0.05) is 12.8 Å². The molecule has 0 spiro atoms. The largest absolute Gasteiger partial charge is 0.463 e. The lowest BCUT2D eigenvalue weighted by molar-refractivity contribution is -0.152. The highest BCUT2D eigenvalue weighted by Crippen LogP contribution is 2.14. The third kappa shape index (κ3) is 34.7. The van der Waals surface area contributed by atoms with Crippen LogP contribution in [0.2, 0.25) is 0 Å². The molecule has 266 valence electrons. The normalized spacial score (nSPS) is 13.5. The average molecular weight is 647 g/mol. The van der Waals surface area contributed by atoms with E-state index < -0.39 is 6.10 Å². The highest BCUT2D eigenvalue weighted by molar-refractivity contribution is 5.69. The topological polar surface area (TPSA) is 93.1 Å². The fourth-order valence-electron chi connectivity index (χ4n) is 4.98. The van der Waals surface area contributed by atoms with Crippen LogP contribution in [0.25, 0.3) is 0 Å². The molecular formula is C40H70O6. The van der Waals surface area contributed by atoms with Crippen molar-refractivity contribution in [3.63, 3.8) is 0 Å². The fraction of sp³-hybridized carbons (Fsp3) is 0.750. The zero-order valence-electron chi connectivity index (χ0n) is 29.8. The van der Waals surface area contributed by atoms with Crippen LogP contribution in [0.4, 0.5) is 0 Å². The SMILES string of the molecule is CCCC(O)C/C=C\C/C=C\C/C=C\C/C=C\CCCC(=O)OC[C@@H](O)COC(=O)CCCCCCCCCCCCCC(C)C. The molecule has 0 radical (unpaired) electrons. The lowest BCUT2D eigenvalue weighted by Gasteiger charge is -2.12. The van der Waals surface area contributed by atoms with E-state index in [4.69, 9.17) is 9.47 Å². The molecule has 6 nitrogen and oxygen atoms in total. The van der Waals surface area contributed by atoms with Gasteiger partial charge in [0.15, 0.2) is 0 Å². The van der Waals surface area contributed by atoms with Gasteiger partial charge < -0.3 is 19.7 Å². The molecule has 6 heteroatoms. The van der Waals surface area contributed by atoms with Gasteiger partial charge in [-0.3, -0.25) is 9.59 Å². The predicted octanol–water partition coefficient (Wildman–Crippen LogP) is 10.3. The van der Waals surface area contributed by atoms with Gasteiger partial charge in [-0.1, -0.05) is 146 Å². The summed E-state index contributed by atoms with van der Waals surface area (Å²) in [5.74, 6) is 0.179. The molecular weight excluding hydrogens is 576 g/mol. The molecule has 0 aromatic rings. The van der Waals surface area contributed by atoms with Gasteiger partial charge in [-0.15, -0.1) is 0 Å². The van der Waals surface area contributed by atoms with E-state index in [-0.39, 0.29) is 31.3 Å². The van der Waals surface area contributed by atoms with Crippen molar-refractivity contribution in [1.82, 2.24) is 0 Å². The van der Waals surface area contributed by atoms with Crippen LogP contribution >= 0.6 is 0 Å².